The fraction of sp³-hybridized carbons (Fsp3) is 0.353. The Hall–Kier alpha value is -2.55. The Bertz CT molecular complexity index is 1000. The van der Waals surface area contributed by atoms with Crippen LogP contribution < -0.4 is 10.6 Å². The molecular weight excluding hydrogens is 359 g/mol. The molecule has 0 radical (unpaired) electrons. The number of aromatic amines is 1. The quantitative estimate of drug-likeness (QED) is 0.421. The fourth-order valence-electron chi connectivity index (χ4n) is 2.42. The minimum Gasteiger partial charge on any atom is -0.443 e. The summed E-state index contributed by atoms with van der Waals surface area (Å²) < 4.78 is 31.7. The molecule has 0 saturated carbocycles. The van der Waals surface area contributed by atoms with Crippen LogP contribution in [-0.4, -0.2) is 45.1 Å². The van der Waals surface area contributed by atoms with Crippen molar-refractivity contribution in [2.45, 2.75) is 26.4 Å². The number of amides is 1. The number of hydrogen-bond acceptors (Lipinski definition) is 5. The Morgan fingerprint density at radius 2 is 2.00 bits per heavy atom. The molecule has 0 aliphatic heterocycles. The second-order valence-corrected chi connectivity index (χ2v) is 9.55. The summed E-state index contributed by atoms with van der Waals surface area (Å²) in [6.45, 7) is 5.16. The summed E-state index contributed by atoms with van der Waals surface area (Å²) in [7, 11) is -1.43. The number of carbonyl (C=O) groups excluding carboxylic acids is 1. The number of nitrogen functional groups attached to an aromatic ring is 1. The van der Waals surface area contributed by atoms with E-state index in [1.165, 1.54) is 19.4 Å². The molecule has 1 heterocycles. The van der Waals surface area contributed by atoms with Gasteiger partial charge in [-0.3, -0.25) is 14.5 Å². The molecule has 0 spiro atoms. The van der Waals surface area contributed by atoms with Crippen molar-refractivity contribution in [3.63, 3.8) is 0 Å². The fourth-order valence-corrected chi connectivity index (χ4v) is 3.07. The molecule has 7 nitrogen and oxygen atoms in total. The molecule has 0 fully saturated rings. The van der Waals surface area contributed by atoms with E-state index in [1.54, 1.807) is 20.8 Å². The van der Waals surface area contributed by atoms with E-state index in [9.17, 15) is 13.4 Å². The maximum absolute atomic E-state index is 14.2. The zero-order chi connectivity index (χ0) is 20.0. The number of carbonyl (C=O) groups is 1. The summed E-state index contributed by atoms with van der Waals surface area (Å²) in [4.78, 5) is 16.3. The molecule has 1 aromatic heterocycles. The lowest BCUT2D eigenvalue weighted by molar-refractivity contribution is 0.0589. The predicted molar refractivity (Wildman–Crippen MR) is 105 cm³/mol. The van der Waals surface area contributed by atoms with Crippen LogP contribution in [0.15, 0.2) is 12.1 Å². The number of aromatic nitrogens is 1. The minimum absolute atomic E-state index is 0.0488. The van der Waals surface area contributed by atoms with E-state index >= 15 is 0 Å². The Morgan fingerprint density at radius 3 is 2.50 bits per heavy atom. The number of hydrogen-bond donors (Lipinski definition) is 3. The average Bonchev–Trinajstić information content (AvgIpc) is 2.77. The van der Waals surface area contributed by atoms with Crippen LogP contribution in [0.5, 0.6) is 0 Å². The van der Waals surface area contributed by atoms with Crippen molar-refractivity contribution in [3.05, 3.63) is 23.5 Å². The first-order valence-electron chi connectivity index (χ1n) is 7.71. The van der Waals surface area contributed by atoms with E-state index < -0.39 is 27.0 Å². The third-order valence-electron chi connectivity index (χ3n) is 3.57. The first kappa shape index (κ1) is 19.8. The second kappa shape index (κ2) is 6.31. The highest BCUT2D eigenvalue weighted by molar-refractivity contribution is 8.14. The number of rotatable bonds is 2. The van der Waals surface area contributed by atoms with Crippen LogP contribution in [0.3, 0.4) is 0 Å². The summed E-state index contributed by atoms with van der Waals surface area (Å²) in [5.41, 5.74) is 5.85. The predicted octanol–water partition coefficient (Wildman–Crippen LogP) is 2.93. The van der Waals surface area contributed by atoms with Gasteiger partial charge in [-0.05, 0) is 38.8 Å². The van der Waals surface area contributed by atoms with E-state index in [-0.39, 0.29) is 27.5 Å². The van der Waals surface area contributed by atoms with Gasteiger partial charge in [0.1, 0.15) is 22.3 Å². The van der Waals surface area contributed by atoms with E-state index in [4.69, 9.17) is 15.9 Å². The number of nitrogens with zero attached hydrogens (tertiary/aromatic N) is 1. The molecule has 4 N–H and O–H groups in total. The van der Waals surface area contributed by atoms with E-state index in [0.717, 1.165) is 11.0 Å². The number of fused-ring (bicyclic) bond motifs is 1. The molecule has 142 valence electrons. The summed E-state index contributed by atoms with van der Waals surface area (Å²) in [5.74, 6) is 2.89. The van der Waals surface area contributed by atoms with Gasteiger partial charge in [0, 0.05) is 28.2 Å². The molecular formula is C17H23FN4O3S. The molecule has 2 aromatic rings. The number of H-pyrrole nitrogens is 1. The Labute approximate surface area is 151 Å². The Kier molecular flexibility index (Phi) is 4.80. The van der Waals surface area contributed by atoms with Crippen molar-refractivity contribution in [2.75, 3.05) is 23.9 Å². The number of ether oxygens (including phenoxy) is 1. The zero-order valence-corrected chi connectivity index (χ0v) is 16.2. The summed E-state index contributed by atoms with van der Waals surface area (Å²) in [6.07, 6.45) is 0.631. The molecule has 1 unspecified atom stereocenters. The van der Waals surface area contributed by atoms with Gasteiger partial charge in [0.25, 0.3) is 0 Å². The van der Waals surface area contributed by atoms with Crippen LogP contribution in [-0.2, 0) is 14.3 Å². The SMILES string of the molecule is C=S(C)(=O)C(=N)c1c(N)[nH]c2c(N(C)C(=O)OC(C)(C)C)cc(F)cc12. The van der Waals surface area contributed by atoms with Gasteiger partial charge in [0.15, 0.2) is 0 Å². The molecule has 0 aliphatic rings. The average molecular weight is 382 g/mol. The first-order chi connectivity index (χ1) is 11.7. The van der Waals surface area contributed by atoms with Crippen LogP contribution in [0.1, 0.15) is 26.3 Å². The summed E-state index contributed by atoms with van der Waals surface area (Å²) in [6, 6.07) is 2.33. The van der Waals surface area contributed by atoms with Crippen LogP contribution in [0.25, 0.3) is 10.9 Å². The molecule has 1 amide bonds. The number of nitrogens with one attached hydrogen (secondary N) is 2. The molecule has 2 rings (SSSR count). The first-order valence-corrected chi connectivity index (χ1v) is 9.84. The smallest absolute Gasteiger partial charge is 0.414 e. The van der Waals surface area contributed by atoms with Gasteiger partial charge >= 0.3 is 6.09 Å². The number of anilines is 2. The highest BCUT2D eigenvalue weighted by Gasteiger charge is 2.26. The van der Waals surface area contributed by atoms with Crippen LogP contribution in [0, 0.1) is 11.2 Å². The van der Waals surface area contributed by atoms with Crippen LogP contribution >= 0.6 is 0 Å². The van der Waals surface area contributed by atoms with Gasteiger partial charge in [0.05, 0.1) is 16.8 Å². The van der Waals surface area contributed by atoms with E-state index in [2.05, 4.69) is 10.9 Å². The highest BCUT2D eigenvalue weighted by Crippen LogP contribution is 2.34. The topological polar surface area (TPSA) is 112 Å². The standard InChI is InChI=1S/C17H23FN4O3S/c1-17(2,3)25-16(23)22(4)11-8-9(18)7-10-12(14(19)21-13(10)11)15(20)26(5,6)24/h7-8,20-21H,5,19H2,1-4,6H3. The Balaban J connectivity index is 2.67. The summed E-state index contributed by atoms with van der Waals surface area (Å²) in [5, 5.41) is 8.06. The molecule has 0 saturated heterocycles. The third-order valence-corrected chi connectivity index (χ3v) is 4.64. The van der Waals surface area contributed by atoms with Gasteiger partial charge < -0.3 is 15.5 Å². The van der Waals surface area contributed by atoms with Gasteiger partial charge in [-0.2, -0.15) is 0 Å². The molecule has 1 atom stereocenters. The van der Waals surface area contributed by atoms with Gasteiger partial charge in [-0.15, -0.1) is 0 Å². The lowest BCUT2D eigenvalue weighted by Crippen LogP contribution is -2.34. The summed E-state index contributed by atoms with van der Waals surface area (Å²) >= 11 is 0. The molecule has 0 aliphatic carbocycles. The lowest BCUT2D eigenvalue weighted by Gasteiger charge is -2.25. The molecule has 26 heavy (non-hydrogen) atoms. The monoisotopic (exact) mass is 382 g/mol. The number of nitrogens with two attached hydrogens (primary N) is 1. The van der Waals surface area contributed by atoms with Crippen LogP contribution in [0.4, 0.5) is 20.7 Å². The van der Waals surface area contributed by atoms with Crippen molar-refractivity contribution in [1.82, 2.24) is 4.98 Å². The van der Waals surface area contributed by atoms with Crippen molar-refractivity contribution < 1.29 is 18.1 Å². The van der Waals surface area contributed by atoms with Crippen molar-refractivity contribution >= 4 is 48.9 Å². The van der Waals surface area contributed by atoms with E-state index in [1.807, 2.05) is 0 Å². The van der Waals surface area contributed by atoms with Crippen molar-refractivity contribution in [1.29, 1.82) is 5.41 Å². The number of benzene rings is 1. The van der Waals surface area contributed by atoms with Crippen LogP contribution in [0.2, 0.25) is 0 Å². The van der Waals surface area contributed by atoms with E-state index in [0.29, 0.717) is 5.52 Å². The largest absolute Gasteiger partial charge is 0.443 e. The molecule has 9 heteroatoms. The number of halogens is 1. The molecule has 1 aromatic carbocycles. The maximum atomic E-state index is 14.2. The Morgan fingerprint density at radius 1 is 1.42 bits per heavy atom. The third kappa shape index (κ3) is 3.82. The maximum Gasteiger partial charge on any atom is 0.414 e. The van der Waals surface area contributed by atoms with Gasteiger partial charge in [-0.1, -0.05) is 0 Å². The lowest BCUT2D eigenvalue weighted by atomic mass is 10.1. The molecule has 0 bridgehead atoms. The zero-order valence-electron chi connectivity index (χ0n) is 15.4. The normalized spacial score (nSPS) is 14.1. The minimum atomic E-state index is -2.87. The highest BCUT2D eigenvalue weighted by atomic mass is 32.2. The second-order valence-electron chi connectivity index (χ2n) is 7.13. The van der Waals surface area contributed by atoms with Gasteiger partial charge in [0.2, 0.25) is 0 Å². The van der Waals surface area contributed by atoms with Crippen molar-refractivity contribution in [2.24, 2.45) is 0 Å². The van der Waals surface area contributed by atoms with Gasteiger partial charge in [-0.25, -0.2) is 9.18 Å². The van der Waals surface area contributed by atoms with Crippen molar-refractivity contribution in [3.8, 4) is 0 Å².